The molecule has 2 heterocycles. The summed E-state index contributed by atoms with van der Waals surface area (Å²) in [6.45, 7) is 0. The van der Waals surface area contributed by atoms with Crippen molar-refractivity contribution in [1.29, 1.82) is 0 Å². The van der Waals surface area contributed by atoms with Gasteiger partial charge in [-0.05, 0) is 41.5 Å². The van der Waals surface area contributed by atoms with Crippen LogP contribution in [-0.2, 0) is 21.7 Å². The Kier molecular flexibility index (Phi) is 4.28. The number of nitrogens with one attached hydrogen (secondary N) is 1. The molecule has 1 aliphatic heterocycles. The molecule has 1 unspecified atom stereocenters. The van der Waals surface area contributed by atoms with E-state index in [4.69, 9.17) is 11.6 Å². The van der Waals surface area contributed by atoms with Crippen molar-refractivity contribution in [3.63, 3.8) is 0 Å². The summed E-state index contributed by atoms with van der Waals surface area (Å²) in [6.07, 6.45) is 2.99. The maximum atomic E-state index is 13.0. The Morgan fingerprint density at radius 2 is 2.04 bits per heavy atom. The van der Waals surface area contributed by atoms with Crippen LogP contribution >= 0.6 is 11.6 Å². The summed E-state index contributed by atoms with van der Waals surface area (Å²) in [7, 11) is -2.09. The molecule has 4 rings (SSSR count). The predicted octanol–water partition coefficient (Wildman–Crippen LogP) is 3.38. The summed E-state index contributed by atoms with van der Waals surface area (Å²) >= 11 is 6.11. The SMILES string of the molecule is Cn1cncc1S(=O)(=O)c1ccc2c(c1)C(c1cccc(Cl)c1)CC(=O)N2. The Hall–Kier alpha value is -2.64. The first-order valence-electron chi connectivity index (χ1n) is 8.27. The lowest BCUT2D eigenvalue weighted by molar-refractivity contribution is -0.116. The first-order chi connectivity index (χ1) is 12.9. The Bertz CT molecular complexity index is 1150. The van der Waals surface area contributed by atoms with Crippen LogP contribution in [-0.4, -0.2) is 23.9 Å². The van der Waals surface area contributed by atoms with E-state index < -0.39 is 9.84 Å². The van der Waals surface area contributed by atoms with Gasteiger partial charge in [0.2, 0.25) is 15.7 Å². The summed E-state index contributed by atoms with van der Waals surface area (Å²) < 4.78 is 27.5. The number of hydrogen-bond donors (Lipinski definition) is 1. The third-order valence-electron chi connectivity index (χ3n) is 4.67. The summed E-state index contributed by atoms with van der Waals surface area (Å²) in [6, 6.07) is 12.0. The number of benzene rings is 2. The van der Waals surface area contributed by atoms with Crippen molar-refractivity contribution in [3.8, 4) is 0 Å². The van der Waals surface area contributed by atoms with Gasteiger partial charge in [0.05, 0.1) is 17.4 Å². The van der Waals surface area contributed by atoms with Crippen LogP contribution in [0.25, 0.3) is 0 Å². The van der Waals surface area contributed by atoms with Gasteiger partial charge in [-0.3, -0.25) is 4.79 Å². The normalized spacial score (nSPS) is 16.7. The Morgan fingerprint density at radius 1 is 1.22 bits per heavy atom. The molecule has 8 heteroatoms. The van der Waals surface area contributed by atoms with Crippen LogP contribution in [0.1, 0.15) is 23.5 Å². The minimum atomic E-state index is -3.73. The van der Waals surface area contributed by atoms with Crippen molar-refractivity contribution < 1.29 is 13.2 Å². The monoisotopic (exact) mass is 401 g/mol. The molecule has 6 nitrogen and oxygen atoms in total. The highest BCUT2D eigenvalue weighted by molar-refractivity contribution is 7.91. The van der Waals surface area contributed by atoms with Gasteiger partial charge < -0.3 is 9.88 Å². The largest absolute Gasteiger partial charge is 0.326 e. The van der Waals surface area contributed by atoms with E-state index in [-0.39, 0.29) is 28.2 Å². The van der Waals surface area contributed by atoms with Crippen LogP contribution in [0.2, 0.25) is 5.02 Å². The molecule has 0 saturated carbocycles. The van der Waals surface area contributed by atoms with E-state index in [9.17, 15) is 13.2 Å². The van der Waals surface area contributed by atoms with E-state index in [0.29, 0.717) is 10.7 Å². The van der Waals surface area contributed by atoms with Crippen LogP contribution in [0.5, 0.6) is 0 Å². The number of sulfone groups is 1. The van der Waals surface area contributed by atoms with E-state index >= 15 is 0 Å². The van der Waals surface area contributed by atoms with Gasteiger partial charge in [-0.25, -0.2) is 13.4 Å². The third kappa shape index (κ3) is 3.13. The molecule has 1 amide bonds. The molecular formula is C19H16ClN3O3S. The van der Waals surface area contributed by atoms with Crippen molar-refractivity contribution in [2.45, 2.75) is 22.3 Å². The van der Waals surface area contributed by atoms with Gasteiger partial charge in [0, 0.05) is 30.1 Å². The number of nitrogens with zero attached hydrogens (tertiary/aromatic N) is 2. The molecule has 0 fully saturated rings. The van der Waals surface area contributed by atoms with E-state index in [2.05, 4.69) is 10.3 Å². The maximum Gasteiger partial charge on any atom is 0.225 e. The van der Waals surface area contributed by atoms with Gasteiger partial charge in [0.25, 0.3) is 0 Å². The molecular weight excluding hydrogens is 386 g/mol. The lowest BCUT2D eigenvalue weighted by Gasteiger charge is -2.26. The lowest BCUT2D eigenvalue weighted by Crippen LogP contribution is -2.24. The molecule has 0 bridgehead atoms. The standard InChI is InChI=1S/C19H16ClN3O3S/c1-23-11-21-10-19(23)27(25,26)14-5-6-17-16(8-14)15(9-18(24)22-17)12-3-2-4-13(20)7-12/h2-8,10-11,15H,9H2,1H3,(H,22,24). The average Bonchev–Trinajstić information content (AvgIpc) is 3.07. The first-order valence-corrected chi connectivity index (χ1v) is 10.1. The molecule has 0 aliphatic carbocycles. The van der Waals surface area contributed by atoms with Gasteiger partial charge in [0.1, 0.15) is 0 Å². The zero-order valence-electron chi connectivity index (χ0n) is 14.4. The van der Waals surface area contributed by atoms with Gasteiger partial charge in [-0.2, -0.15) is 0 Å². The van der Waals surface area contributed by atoms with Crippen LogP contribution in [0, 0.1) is 0 Å². The number of amides is 1. The van der Waals surface area contributed by atoms with E-state index in [1.165, 1.54) is 23.2 Å². The molecule has 1 aromatic heterocycles. The van der Waals surface area contributed by atoms with Crippen molar-refractivity contribution in [2.75, 3.05) is 5.32 Å². The zero-order valence-corrected chi connectivity index (χ0v) is 16.0. The molecule has 0 spiro atoms. The quantitative estimate of drug-likeness (QED) is 0.729. The van der Waals surface area contributed by atoms with E-state index in [1.54, 1.807) is 31.3 Å². The number of halogens is 1. The molecule has 27 heavy (non-hydrogen) atoms. The minimum Gasteiger partial charge on any atom is -0.326 e. The second kappa shape index (κ2) is 6.51. The Balaban J connectivity index is 1.86. The minimum absolute atomic E-state index is 0.113. The molecule has 1 atom stereocenters. The maximum absolute atomic E-state index is 13.0. The molecule has 1 N–H and O–H groups in total. The number of aromatic nitrogens is 2. The fourth-order valence-corrected chi connectivity index (χ4v) is 4.95. The number of aryl methyl sites for hydroxylation is 1. The van der Waals surface area contributed by atoms with Gasteiger partial charge >= 0.3 is 0 Å². The van der Waals surface area contributed by atoms with Gasteiger partial charge in [0.15, 0.2) is 5.03 Å². The van der Waals surface area contributed by atoms with Crippen LogP contribution in [0.15, 0.2) is 64.9 Å². The number of carbonyl (C=O) groups excluding carboxylic acids is 1. The highest BCUT2D eigenvalue weighted by Crippen LogP contribution is 2.39. The van der Waals surface area contributed by atoms with E-state index in [1.807, 2.05) is 12.1 Å². The molecule has 0 radical (unpaired) electrons. The Labute approximate surface area is 161 Å². The van der Waals surface area contributed by atoms with Gasteiger partial charge in [-0.15, -0.1) is 0 Å². The van der Waals surface area contributed by atoms with Crippen molar-refractivity contribution in [1.82, 2.24) is 9.55 Å². The van der Waals surface area contributed by atoms with Crippen LogP contribution in [0.3, 0.4) is 0 Å². The summed E-state index contributed by atoms with van der Waals surface area (Å²) in [5.74, 6) is -0.385. The molecule has 1 aliphatic rings. The Morgan fingerprint density at radius 3 is 2.74 bits per heavy atom. The number of carbonyl (C=O) groups is 1. The van der Waals surface area contributed by atoms with Crippen molar-refractivity contribution in [3.05, 3.63) is 71.1 Å². The average molecular weight is 402 g/mol. The van der Waals surface area contributed by atoms with Gasteiger partial charge in [-0.1, -0.05) is 23.7 Å². The lowest BCUT2D eigenvalue weighted by atomic mass is 9.85. The second-order valence-corrected chi connectivity index (χ2v) is 8.79. The topological polar surface area (TPSA) is 81.1 Å². The molecule has 0 saturated heterocycles. The number of fused-ring (bicyclic) bond motifs is 1. The fourth-order valence-electron chi connectivity index (χ4n) is 3.35. The number of hydrogen-bond acceptors (Lipinski definition) is 4. The molecule has 138 valence electrons. The summed E-state index contributed by atoms with van der Waals surface area (Å²) in [5.41, 5.74) is 2.23. The number of anilines is 1. The third-order valence-corrected chi connectivity index (χ3v) is 6.72. The summed E-state index contributed by atoms with van der Waals surface area (Å²) in [4.78, 5) is 16.2. The van der Waals surface area contributed by atoms with E-state index in [0.717, 1.165) is 11.1 Å². The molecule has 2 aromatic carbocycles. The smallest absolute Gasteiger partial charge is 0.225 e. The highest BCUT2D eigenvalue weighted by atomic mass is 35.5. The predicted molar refractivity (Wildman–Crippen MR) is 102 cm³/mol. The summed E-state index contributed by atoms with van der Waals surface area (Å²) in [5, 5.41) is 3.50. The second-order valence-electron chi connectivity index (χ2n) is 6.46. The van der Waals surface area contributed by atoms with Crippen LogP contribution in [0.4, 0.5) is 5.69 Å². The highest BCUT2D eigenvalue weighted by Gasteiger charge is 2.29. The molecule has 3 aromatic rings. The first kappa shape index (κ1) is 17.8. The number of rotatable bonds is 3. The van der Waals surface area contributed by atoms with Crippen LogP contribution < -0.4 is 5.32 Å². The fraction of sp³-hybridized carbons (Fsp3) is 0.158. The van der Waals surface area contributed by atoms with Crippen molar-refractivity contribution in [2.24, 2.45) is 7.05 Å². The van der Waals surface area contributed by atoms with Crippen molar-refractivity contribution >= 4 is 33.0 Å². The number of imidazole rings is 1. The zero-order chi connectivity index (χ0) is 19.2.